The minimum Gasteiger partial charge on any atom is -0.508 e. The van der Waals surface area contributed by atoms with Crippen LogP contribution in [0.4, 0.5) is 0 Å². The Hall–Kier alpha value is -1.26. The third-order valence-electron chi connectivity index (χ3n) is 2.54. The van der Waals surface area contributed by atoms with E-state index in [4.69, 9.17) is 11.6 Å². The van der Waals surface area contributed by atoms with Crippen molar-refractivity contribution in [3.63, 3.8) is 0 Å². The molecule has 0 aromatic heterocycles. The molecule has 0 saturated carbocycles. The quantitative estimate of drug-likeness (QED) is 0.796. The van der Waals surface area contributed by atoms with Crippen molar-refractivity contribution in [1.29, 1.82) is 0 Å². The van der Waals surface area contributed by atoms with Crippen molar-refractivity contribution in [2.75, 3.05) is 6.54 Å². The molecule has 0 aliphatic heterocycles. The molecule has 0 aliphatic carbocycles. The summed E-state index contributed by atoms with van der Waals surface area (Å²) in [5, 5.41) is 22.0. The molecule has 0 aliphatic rings. The average molecular weight is 286 g/mol. The van der Waals surface area contributed by atoms with Crippen LogP contribution in [0.3, 0.4) is 0 Å². The lowest BCUT2D eigenvalue weighted by molar-refractivity contribution is 0.0868. The number of amides is 1. The zero-order valence-corrected chi connectivity index (χ0v) is 12.2. The number of phenols is 1. The van der Waals surface area contributed by atoms with Gasteiger partial charge in [-0.1, -0.05) is 32.4 Å². The Labute approximate surface area is 118 Å². The second-order valence-electron chi connectivity index (χ2n) is 5.79. The summed E-state index contributed by atoms with van der Waals surface area (Å²) in [5.74, 6) is -0.432. The number of rotatable bonds is 4. The maximum Gasteiger partial charge on any atom is 0.253 e. The van der Waals surface area contributed by atoms with Gasteiger partial charge in [-0.05, 0) is 30.0 Å². The van der Waals surface area contributed by atoms with E-state index in [-0.39, 0.29) is 28.3 Å². The summed E-state index contributed by atoms with van der Waals surface area (Å²) in [7, 11) is 0. The number of aliphatic hydroxyl groups excluding tert-OH is 1. The minimum absolute atomic E-state index is 0.00714. The summed E-state index contributed by atoms with van der Waals surface area (Å²) in [6, 6.07) is 4.17. The molecule has 3 N–H and O–H groups in total. The van der Waals surface area contributed by atoms with Crippen molar-refractivity contribution >= 4 is 17.5 Å². The molecule has 0 fully saturated rings. The van der Waals surface area contributed by atoms with Gasteiger partial charge in [0.25, 0.3) is 5.91 Å². The van der Waals surface area contributed by atoms with Gasteiger partial charge < -0.3 is 15.5 Å². The van der Waals surface area contributed by atoms with Crippen LogP contribution >= 0.6 is 11.6 Å². The fraction of sp³-hybridized carbons (Fsp3) is 0.500. The molecule has 5 heteroatoms. The van der Waals surface area contributed by atoms with Gasteiger partial charge in [-0.3, -0.25) is 4.79 Å². The molecule has 0 radical (unpaired) electrons. The minimum atomic E-state index is -0.611. The fourth-order valence-electron chi connectivity index (χ4n) is 1.77. The Bertz CT molecular complexity index is 454. The molecule has 1 aromatic carbocycles. The number of halogens is 1. The van der Waals surface area contributed by atoms with Crippen LogP contribution in [-0.4, -0.2) is 28.8 Å². The topological polar surface area (TPSA) is 69.6 Å². The first kappa shape index (κ1) is 15.8. The van der Waals surface area contributed by atoms with Crippen LogP contribution < -0.4 is 5.32 Å². The lowest BCUT2D eigenvalue weighted by atomic mass is 9.89. The maximum atomic E-state index is 11.9. The van der Waals surface area contributed by atoms with Gasteiger partial charge in [0.1, 0.15) is 5.75 Å². The van der Waals surface area contributed by atoms with Gasteiger partial charge in [0.15, 0.2) is 0 Å². The molecule has 0 bridgehead atoms. The molecular formula is C14H20ClNO3. The predicted molar refractivity (Wildman–Crippen MR) is 75.5 cm³/mol. The van der Waals surface area contributed by atoms with Crippen LogP contribution in [-0.2, 0) is 0 Å². The zero-order chi connectivity index (χ0) is 14.6. The first-order valence-electron chi connectivity index (χ1n) is 6.14. The first-order valence-corrected chi connectivity index (χ1v) is 6.51. The van der Waals surface area contributed by atoms with Crippen molar-refractivity contribution in [2.45, 2.75) is 33.3 Å². The van der Waals surface area contributed by atoms with Crippen LogP contribution in [0.2, 0.25) is 5.02 Å². The molecule has 106 valence electrons. The number of hydrogen-bond acceptors (Lipinski definition) is 3. The van der Waals surface area contributed by atoms with Crippen molar-refractivity contribution in [3.05, 3.63) is 28.8 Å². The van der Waals surface area contributed by atoms with Crippen LogP contribution in [0, 0.1) is 5.41 Å². The third-order valence-corrected chi connectivity index (χ3v) is 2.87. The van der Waals surface area contributed by atoms with Crippen LogP contribution in [0.5, 0.6) is 5.75 Å². The van der Waals surface area contributed by atoms with Crippen molar-refractivity contribution < 1.29 is 15.0 Å². The van der Waals surface area contributed by atoms with Crippen molar-refractivity contribution in [3.8, 4) is 5.75 Å². The molecule has 0 saturated heterocycles. The van der Waals surface area contributed by atoms with Crippen LogP contribution in [0.15, 0.2) is 18.2 Å². The summed E-state index contributed by atoms with van der Waals surface area (Å²) in [5.41, 5.74) is 0.192. The molecular weight excluding hydrogens is 266 g/mol. The van der Waals surface area contributed by atoms with Crippen molar-refractivity contribution in [1.82, 2.24) is 5.32 Å². The maximum absolute atomic E-state index is 11.9. The summed E-state index contributed by atoms with van der Waals surface area (Å²) in [6.07, 6.45) is -0.0267. The van der Waals surface area contributed by atoms with E-state index in [1.165, 1.54) is 18.2 Å². The molecule has 19 heavy (non-hydrogen) atoms. The number of carbonyl (C=O) groups is 1. The van der Waals surface area contributed by atoms with Gasteiger partial charge in [-0.15, -0.1) is 0 Å². The van der Waals surface area contributed by atoms with Crippen LogP contribution in [0.1, 0.15) is 37.6 Å². The van der Waals surface area contributed by atoms with E-state index < -0.39 is 12.0 Å². The molecule has 1 atom stereocenters. The molecule has 0 heterocycles. The first-order chi connectivity index (χ1) is 8.69. The second-order valence-corrected chi connectivity index (χ2v) is 6.20. The molecule has 1 aromatic rings. The van der Waals surface area contributed by atoms with E-state index >= 15 is 0 Å². The molecule has 1 rings (SSSR count). The largest absolute Gasteiger partial charge is 0.508 e. The molecule has 1 amide bonds. The van der Waals surface area contributed by atoms with E-state index in [0.29, 0.717) is 6.42 Å². The highest BCUT2D eigenvalue weighted by atomic mass is 35.5. The highest BCUT2D eigenvalue weighted by Crippen LogP contribution is 2.22. The highest BCUT2D eigenvalue weighted by Gasteiger charge is 2.18. The van der Waals surface area contributed by atoms with E-state index in [0.717, 1.165) is 0 Å². The number of phenolic OH excluding ortho intramolecular Hbond substituents is 1. The summed E-state index contributed by atoms with van der Waals surface area (Å²) < 4.78 is 0. The van der Waals surface area contributed by atoms with E-state index in [2.05, 4.69) is 5.32 Å². The standard InChI is InChI=1S/C14H20ClNO3/c1-14(2,3)7-10(18)8-16-13(19)11-6-9(17)4-5-12(11)15/h4-6,10,17-18H,7-8H2,1-3H3,(H,16,19). The summed E-state index contributed by atoms with van der Waals surface area (Å²) in [4.78, 5) is 11.9. The highest BCUT2D eigenvalue weighted by molar-refractivity contribution is 6.33. The van der Waals surface area contributed by atoms with Gasteiger partial charge in [0.05, 0.1) is 16.7 Å². The zero-order valence-electron chi connectivity index (χ0n) is 11.4. The number of aromatic hydroxyl groups is 1. The molecule has 1 unspecified atom stereocenters. The smallest absolute Gasteiger partial charge is 0.253 e. The lowest BCUT2D eigenvalue weighted by Crippen LogP contribution is -2.34. The number of carbonyl (C=O) groups excluding carboxylic acids is 1. The van der Waals surface area contributed by atoms with E-state index in [1.807, 2.05) is 20.8 Å². The SMILES string of the molecule is CC(C)(C)CC(O)CNC(=O)c1cc(O)ccc1Cl. The number of hydrogen-bond donors (Lipinski definition) is 3. The van der Waals surface area contributed by atoms with E-state index in [1.54, 1.807) is 0 Å². The summed E-state index contributed by atoms with van der Waals surface area (Å²) >= 11 is 5.88. The third kappa shape index (κ3) is 5.49. The van der Waals surface area contributed by atoms with Gasteiger partial charge in [0, 0.05) is 6.54 Å². The Balaban J connectivity index is 2.58. The molecule has 4 nitrogen and oxygen atoms in total. The Morgan fingerprint density at radius 2 is 2.05 bits per heavy atom. The van der Waals surface area contributed by atoms with Gasteiger partial charge in [0.2, 0.25) is 0 Å². The Kier molecular flexibility index (Phi) is 5.20. The lowest BCUT2D eigenvalue weighted by Gasteiger charge is -2.22. The van der Waals surface area contributed by atoms with Crippen LogP contribution in [0.25, 0.3) is 0 Å². The van der Waals surface area contributed by atoms with Crippen molar-refractivity contribution in [2.24, 2.45) is 5.41 Å². The van der Waals surface area contributed by atoms with Gasteiger partial charge >= 0.3 is 0 Å². The average Bonchev–Trinajstić information content (AvgIpc) is 2.27. The normalized spacial score (nSPS) is 13.1. The second kappa shape index (κ2) is 6.26. The predicted octanol–water partition coefficient (Wildman–Crippen LogP) is 2.57. The number of benzene rings is 1. The van der Waals surface area contributed by atoms with E-state index in [9.17, 15) is 15.0 Å². The number of nitrogens with one attached hydrogen (secondary N) is 1. The number of aliphatic hydroxyl groups is 1. The van der Waals surface area contributed by atoms with Gasteiger partial charge in [-0.2, -0.15) is 0 Å². The Morgan fingerprint density at radius 3 is 2.63 bits per heavy atom. The monoisotopic (exact) mass is 285 g/mol. The molecule has 0 spiro atoms. The van der Waals surface area contributed by atoms with Gasteiger partial charge in [-0.25, -0.2) is 0 Å². The summed E-state index contributed by atoms with van der Waals surface area (Å²) in [6.45, 7) is 6.21. The fourth-order valence-corrected chi connectivity index (χ4v) is 1.98. The Morgan fingerprint density at radius 1 is 1.42 bits per heavy atom.